The molecular formula is C11H18N4O2. The maximum absolute atomic E-state index is 11.6. The van der Waals surface area contributed by atoms with Crippen molar-refractivity contribution in [2.24, 2.45) is 5.92 Å². The molecule has 0 amide bonds. The predicted octanol–water partition coefficient (Wildman–Crippen LogP) is 1.13. The Bertz CT molecular complexity index is 381. The Kier molecular flexibility index (Phi) is 4.68. The molecular weight excluding hydrogens is 220 g/mol. The molecule has 0 aliphatic carbocycles. The number of rotatable bonds is 5. The van der Waals surface area contributed by atoms with Crippen molar-refractivity contribution in [2.45, 2.75) is 19.9 Å². The molecule has 1 aromatic rings. The highest BCUT2D eigenvalue weighted by Gasteiger charge is 2.23. The van der Waals surface area contributed by atoms with Crippen LogP contribution in [-0.2, 0) is 9.53 Å². The number of methoxy groups -OCH3 is 1. The SMILES string of the molecule is CNc1cncc(NC(C(=O)OC)C(C)C)n1. The fourth-order valence-corrected chi connectivity index (χ4v) is 1.34. The zero-order valence-corrected chi connectivity index (χ0v) is 10.5. The highest BCUT2D eigenvalue weighted by atomic mass is 16.5. The lowest BCUT2D eigenvalue weighted by molar-refractivity contribution is -0.142. The lowest BCUT2D eigenvalue weighted by Crippen LogP contribution is -2.35. The summed E-state index contributed by atoms with van der Waals surface area (Å²) in [6.07, 6.45) is 3.17. The third kappa shape index (κ3) is 3.58. The normalized spacial score (nSPS) is 12.1. The summed E-state index contributed by atoms with van der Waals surface area (Å²) in [5, 5.41) is 5.90. The lowest BCUT2D eigenvalue weighted by Gasteiger charge is -2.20. The van der Waals surface area contributed by atoms with Crippen molar-refractivity contribution in [1.29, 1.82) is 0 Å². The van der Waals surface area contributed by atoms with Gasteiger partial charge in [-0.3, -0.25) is 4.98 Å². The average molecular weight is 238 g/mol. The van der Waals surface area contributed by atoms with Gasteiger partial charge in [0, 0.05) is 7.05 Å². The van der Waals surface area contributed by atoms with E-state index in [1.165, 1.54) is 7.11 Å². The van der Waals surface area contributed by atoms with Crippen LogP contribution in [0.1, 0.15) is 13.8 Å². The van der Waals surface area contributed by atoms with E-state index in [2.05, 4.69) is 20.6 Å². The first-order valence-electron chi connectivity index (χ1n) is 5.42. The van der Waals surface area contributed by atoms with Crippen LogP contribution in [0, 0.1) is 5.92 Å². The van der Waals surface area contributed by atoms with Crippen LogP contribution >= 0.6 is 0 Å². The number of nitrogens with one attached hydrogen (secondary N) is 2. The second-order valence-corrected chi connectivity index (χ2v) is 3.93. The summed E-state index contributed by atoms with van der Waals surface area (Å²) in [7, 11) is 3.13. The van der Waals surface area contributed by atoms with Gasteiger partial charge < -0.3 is 15.4 Å². The highest BCUT2D eigenvalue weighted by molar-refractivity contribution is 5.79. The first kappa shape index (κ1) is 13.2. The number of aromatic nitrogens is 2. The van der Waals surface area contributed by atoms with Gasteiger partial charge in [-0.15, -0.1) is 0 Å². The van der Waals surface area contributed by atoms with Gasteiger partial charge in [0.25, 0.3) is 0 Å². The van der Waals surface area contributed by atoms with Crippen molar-refractivity contribution in [2.75, 3.05) is 24.8 Å². The average Bonchev–Trinajstić information content (AvgIpc) is 2.35. The van der Waals surface area contributed by atoms with Crippen molar-refractivity contribution in [3.63, 3.8) is 0 Å². The van der Waals surface area contributed by atoms with Gasteiger partial charge in [0.1, 0.15) is 17.7 Å². The molecule has 0 radical (unpaired) electrons. The fourth-order valence-electron chi connectivity index (χ4n) is 1.34. The standard InChI is InChI=1S/C11H18N4O2/c1-7(2)10(11(16)17-4)15-9-6-13-5-8(12-3)14-9/h5-7,10H,1-4H3,(H2,12,14,15). The van der Waals surface area contributed by atoms with Gasteiger partial charge in [-0.05, 0) is 5.92 Å². The van der Waals surface area contributed by atoms with Crippen LogP contribution in [0.15, 0.2) is 12.4 Å². The topological polar surface area (TPSA) is 76.1 Å². The van der Waals surface area contributed by atoms with Gasteiger partial charge in [-0.1, -0.05) is 13.8 Å². The fraction of sp³-hybridized carbons (Fsp3) is 0.545. The van der Waals surface area contributed by atoms with Crippen LogP contribution in [0.5, 0.6) is 0 Å². The van der Waals surface area contributed by atoms with E-state index in [1.807, 2.05) is 13.8 Å². The molecule has 0 aliphatic heterocycles. The molecule has 1 aromatic heterocycles. The van der Waals surface area contributed by atoms with E-state index in [9.17, 15) is 4.79 Å². The van der Waals surface area contributed by atoms with Crippen LogP contribution in [-0.4, -0.2) is 36.1 Å². The van der Waals surface area contributed by atoms with Crippen LogP contribution in [0.3, 0.4) is 0 Å². The van der Waals surface area contributed by atoms with E-state index in [1.54, 1.807) is 19.4 Å². The molecule has 2 N–H and O–H groups in total. The van der Waals surface area contributed by atoms with Gasteiger partial charge in [0.2, 0.25) is 0 Å². The van der Waals surface area contributed by atoms with Crippen molar-refractivity contribution in [3.05, 3.63) is 12.4 Å². The summed E-state index contributed by atoms with van der Waals surface area (Å²) in [5.74, 6) is 0.975. The van der Waals surface area contributed by atoms with E-state index >= 15 is 0 Å². The first-order valence-corrected chi connectivity index (χ1v) is 5.42. The van der Waals surface area contributed by atoms with Gasteiger partial charge in [0.05, 0.1) is 19.5 Å². The molecule has 0 saturated heterocycles. The number of carbonyl (C=O) groups is 1. The zero-order chi connectivity index (χ0) is 12.8. The van der Waals surface area contributed by atoms with E-state index in [-0.39, 0.29) is 11.9 Å². The second-order valence-electron chi connectivity index (χ2n) is 3.93. The Morgan fingerprint density at radius 3 is 2.53 bits per heavy atom. The molecule has 6 nitrogen and oxygen atoms in total. The van der Waals surface area contributed by atoms with Gasteiger partial charge in [-0.2, -0.15) is 0 Å². The van der Waals surface area contributed by atoms with E-state index in [0.717, 1.165) is 0 Å². The Balaban J connectivity index is 2.82. The molecule has 0 aromatic carbocycles. The summed E-state index contributed by atoms with van der Waals surface area (Å²) >= 11 is 0. The number of hydrogen-bond acceptors (Lipinski definition) is 6. The van der Waals surface area contributed by atoms with E-state index in [0.29, 0.717) is 11.6 Å². The van der Waals surface area contributed by atoms with E-state index in [4.69, 9.17) is 4.74 Å². The number of anilines is 2. The molecule has 0 aliphatic rings. The maximum Gasteiger partial charge on any atom is 0.328 e. The van der Waals surface area contributed by atoms with Crippen LogP contribution in [0.2, 0.25) is 0 Å². The van der Waals surface area contributed by atoms with Crippen molar-refractivity contribution in [1.82, 2.24) is 9.97 Å². The second kappa shape index (κ2) is 6.03. The van der Waals surface area contributed by atoms with Crippen molar-refractivity contribution in [3.8, 4) is 0 Å². The molecule has 1 atom stereocenters. The summed E-state index contributed by atoms with van der Waals surface area (Å²) < 4.78 is 4.74. The summed E-state index contributed by atoms with van der Waals surface area (Å²) in [5.41, 5.74) is 0. The minimum Gasteiger partial charge on any atom is -0.467 e. The molecule has 94 valence electrons. The molecule has 1 heterocycles. The monoisotopic (exact) mass is 238 g/mol. The molecule has 6 heteroatoms. The summed E-state index contributed by atoms with van der Waals surface area (Å²) in [6, 6.07) is -0.429. The van der Waals surface area contributed by atoms with Crippen LogP contribution < -0.4 is 10.6 Å². The predicted molar refractivity (Wildman–Crippen MR) is 65.8 cm³/mol. The number of hydrogen-bond donors (Lipinski definition) is 2. The minimum absolute atomic E-state index is 0.0995. The zero-order valence-electron chi connectivity index (χ0n) is 10.5. The Morgan fingerprint density at radius 1 is 1.35 bits per heavy atom. The summed E-state index contributed by atoms with van der Waals surface area (Å²) in [6.45, 7) is 3.87. The Hall–Kier alpha value is -1.85. The molecule has 0 spiro atoms. The first-order chi connectivity index (χ1) is 8.08. The third-order valence-corrected chi connectivity index (χ3v) is 2.32. The lowest BCUT2D eigenvalue weighted by atomic mass is 10.1. The number of nitrogens with zero attached hydrogens (tertiary/aromatic N) is 2. The number of carbonyl (C=O) groups excluding carboxylic acids is 1. The molecule has 17 heavy (non-hydrogen) atoms. The maximum atomic E-state index is 11.6. The van der Waals surface area contributed by atoms with Crippen LogP contribution in [0.25, 0.3) is 0 Å². The molecule has 0 saturated carbocycles. The molecule has 1 rings (SSSR count). The smallest absolute Gasteiger partial charge is 0.328 e. The number of ether oxygens (including phenoxy) is 1. The van der Waals surface area contributed by atoms with Crippen molar-refractivity contribution < 1.29 is 9.53 Å². The van der Waals surface area contributed by atoms with Gasteiger partial charge in [0.15, 0.2) is 0 Å². The Morgan fingerprint density at radius 2 is 2.00 bits per heavy atom. The highest BCUT2D eigenvalue weighted by Crippen LogP contribution is 2.12. The third-order valence-electron chi connectivity index (χ3n) is 2.32. The Labute approximate surface area is 101 Å². The largest absolute Gasteiger partial charge is 0.467 e. The van der Waals surface area contributed by atoms with Crippen LogP contribution in [0.4, 0.5) is 11.6 Å². The summed E-state index contributed by atoms with van der Waals surface area (Å²) in [4.78, 5) is 19.8. The van der Waals surface area contributed by atoms with Crippen molar-refractivity contribution >= 4 is 17.6 Å². The van der Waals surface area contributed by atoms with Gasteiger partial charge >= 0.3 is 5.97 Å². The molecule has 1 unspecified atom stereocenters. The van der Waals surface area contributed by atoms with Gasteiger partial charge in [-0.25, -0.2) is 9.78 Å². The quantitative estimate of drug-likeness (QED) is 0.749. The van der Waals surface area contributed by atoms with E-state index < -0.39 is 6.04 Å². The minimum atomic E-state index is -0.429. The molecule has 0 fully saturated rings. The number of esters is 1. The molecule has 0 bridgehead atoms.